The van der Waals surface area contributed by atoms with Crippen LogP contribution in [0.15, 0.2) is 42.5 Å². The van der Waals surface area contributed by atoms with Crippen LogP contribution in [-0.4, -0.2) is 11.4 Å². The summed E-state index contributed by atoms with van der Waals surface area (Å²) in [6.07, 6.45) is 3.69. The highest BCUT2D eigenvalue weighted by Crippen LogP contribution is 2.32. The maximum Gasteiger partial charge on any atom is 0.150 e. The predicted octanol–water partition coefficient (Wildman–Crippen LogP) is 4.67. The fraction of sp³-hybridized carbons (Fsp3) is 0.278. The zero-order valence-electron chi connectivity index (χ0n) is 12.1. The molecule has 110 valence electrons. The molecular formula is C18H19FO2. The van der Waals surface area contributed by atoms with Crippen LogP contribution < -0.4 is 0 Å². The first-order valence-corrected chi connectivity index (χ1v) is 7.18. The molecule has 2 rings (SSSR count). The van der Waals surface area contributed by atoms with Crippen molar-refractivity contribution in [2.24, 2.45) is 0 Å². The van der Waals surface area contributed by atoms with E-state index in [1.165, 1.54) is 18.2 Å². The minimum absolute atomic E-state index is 0.0522. The number of unbranched alkanes of at least 4 members (excludes halogenated alkanes) is 1. The van der Waals surface area contributed by atoms with Crippen molar-refractivity contribution in [3.63, 3.8) is 0 Å². The van der Waals surface area contributed by atoms with E-state index in [0.29, 0.717) is 5.56 Å². The van der Waals surface area contributed by atoms with E-state index < -0.39 is 0 Å². The Labute approximate surface area is 124 Å². The molecule has 2 aromatic carbocycles. The third-order valence-corrected chi connectivity index (χ3v) is 3.62. The second-order valence-corrected chi connectivity index (χ2v) is 5.22. The molecule has 1 atom stereocenters. The Morgan fingerprint density at radius 1 is 1.14 bits per heavy atom. The number of benzene rings is 2. The summed E-state index contributed by atoms with van der Waals surface area (Å²) in [5.41, 5.74) is 2.33. The van der Waals surface area contributed by atoms with Crippen molar-refractivity contribution in [3.8, 4) is 5.75 Å². The average molecular weight is 286 g/mol. The monoisotopic (exact) mass is 286 g/mol. The van der Waals surface area contributed by atoms with Crippen LogP contribution in [0.3, 0.4) is 0 Å². The molecule has 0 heterocycles. The molecule has 0 saturated heterocycles. The van der Waals surface area contributed by atoms with Gasteiger partial charge in [0.15, 0.2) is 0 Å². The van der Waals surface area contributed by atoms with Crippen molar-refractivity contribution in [1.82, 2.24) is 0 Å². The summed E-state index contributed by atoms with van der Waals surface area (Å²) in [7, 11) is 0. The van der Waals surface area contributed by atoms with Gasteiger partial charge in [-0.15, -0.1) is 0 Å². The number of aromatic hydroxyl groups is 1. The molecular weight excluding hydrogens is 267 g/mol. The molecule has 0 aliphatic heterocycles. The quantitative estimate of drug-likeness (QED) is 0.784. The fourth-order valence-corrected chi connectivity index (χ4v) is 2.56. The molecule has 1 N–H and O–H groups in total. The minimum Gasteiger partial charge on any atom is -0.508 e. The third kappa shape index (κ3) is 3.91. The summed E-state index contributed by atoms with van der Waals surface area (Å²) in [6.45, 7) is 2.11. The SMILES string of the molecule is CCCCC(c1ccc(F)cc1)c1cc(O)cc(C=O)c1. The van der Waals surface area contributed by atoms with Crippen molar-refractivity contribution < 1.29 is 14.3 Å². The fourth-order valence-electron chi connectivity index (χ4n) is 2.56. The van der Waals surface area contributed by atoms with Crippen LogP contribution in [0.25, 0.3) is 0 Å². The van der Waals surface area contributed by atoms with E-state index in [4.69, 9.17) is 0 Å². The first-order chi connectivity index (χ1) is 10.1. The maximum atomic E-state index is 13.1. The number of aldehydes is 1. The molecule has 1 unspecified atom stereocenters. The van der Waals surface area contributed by atoms with Crippen molar-refractivity contribution in [2.75, 3.05) is 0 Å². The third-order valence-electron chi connectivity index (χ3n) is 3.62. The minimum atomic E-state index is -0.266. The van der Waals surface area contributed by atoms with E-state index in [0.717, 1.165) is 36.7 Å². The number of carbonyl (C=O) groups excluding carboxylic acids is 1. The number of carbonyl (C=O) groups is 1. The summed E-state index contributed by atoms with van der Waals surface area (Å²) in [6, 6.07) is 11.3. The molecule has 0 bridgehead atoms. The van der Waals surface area contributed by atoms with Crippen molar-refractivity contribution >= 4 is 6.29 Å². The van der Waals surface area contributed by atoms with Gasteiger partial charge < -0.3 is 5.11 Å². The van der Waals surface area contributed by atoms with E-state index in [1.807, 2.05) is 0 Å². The Kier molecular flexibility index (Phi) is 5.09. The number of hydrogen-bond acceptors (Lipinski definition) is 2. The van der Waals surface area contributed by atoms with Gasteiger partial charge in [0.25, 0.3) is 0 Å². The molecule has 0 radical (unpaired) electrons. The predicted molar refractivity (Wildman–Crippen MR) is 81.3 cm³/mol. The Hall–Kier alpha value is -2.16. The first kappa shape index (κ1) is 15.2. The Morgan fingerprint density at radius 3 is 2.48 bits per heavy atom. The Morgan fingerprint density at radius 2 is 1.86 bits per heavy atom. The van der Waals surface area contributed by atoms with E-state index >= 15 is 0 Å². The van der Waals surface area contributed by atoms with Crippen LogP contribution in [0.1, 0.15) is 53.6 Å². The lowest BCUT2D eigenvalue weighted by molar-refractivity contribution is 0.112. The molecule has 0 saturated carbocycles. The van der Waals surface area contributed by atoms with Crippen molar-refractivity contribution in [3.05, 3.63) is 65.0 Å². The molecule has 0 aliphatic carbocycles. The van der Waals surface area contributed by atoms with Crippen LogP contribution in [0.4, 0.5) is 4.39 Å². The molecule has 2 nitrogen and oxygen atoms in total. The molecule has 0 spiro atoms. The Balaban J connectivity index is 2.41. The summed E-state index contributed by atoms with van der Waals surface area (Å²) >= 11 is 0. The van der Waals surface area contributed by atoms with E-state index in [-0.39, 0.29) is 17.5 Å². The summed E-state index contributed by atoms with van der Waals surface area (Å²) in [4.78, 5) is 11.0. The van der Waals surface area contributed by atoms with Gasteiger partial charge >= 0.3 is 0 Å². The topological polar surface area (TPSA) is 37.3 Å². The zero-order valence-corrected chi connectivity index (χ0v) is 12.1. The van der Waals surface area contributed by atoms with E-state index in [9.17, 15) is 14.3 Å². The van der Waals surface area contributed by atoms with Gasteiger partial charge in [-0.25, -0.2) is 4.39 Å². The second kappa shape index (κ2) is 7.02. The van der Waals surface area contributed by atoms with Gasteiger partial charge in [-0.3, -0.25) is 4.79 Å². The van der Waals surface area contributed by atoms with Gasteiger partial charge in [-0.05, 0) is 47.9 Å². The van der Waals surface area contributed by atoms with Crippen LogP contribution in [-0.2, 0) is 0 Å². The van der Waals surface area contributed by atoms with E-state index in [1.54, 1.807) is 24.3 Å². The lowest BCUT2D eigenvalue weighted by Crippen LogP contribution is -2.02. The van der Waals surface area contributed by atoms with Gasteiger partial charge in [0.05, 0.1) is 0 Å². The lowest BCUT2D eigenvalue weighted by Gasteiger charge is -2.18. The molecule has 2 aromatic rings. The van der Waals surface area contributed by atoms with Crippen molar-refractivity contribution in [1.29, 1.82) is 0 Å². The number of hydrogen-bond donors (Lipinski definition) is 1. The largest absolute Gasteiger partial charge is 0.508 e. The van der Waals surface area contributed by atoms with Gasteiger partial charge in [0.1, 0.15) is 17.9 Å². The lowest BCUT2D eigenvalue weighted by atomic mass is 9.86. The molecule has 0 aliphatic rings. The van der Waals surface area contributed by atoms with Crippen LogP contribution in [0.5, 0.6) is 5.75 Å². The average Bonchev–Trinajstić information content (AvgIpc) is 2.49. The molecule has 0 aromatic heterocycles. The smallest absolute Gasteiger partial charge is 0.150 e. The highest BCUT2D eigenvalue weighted by molar-refractivity contribution is 5.76. The van der Waals surface area contributed by atoms with Crippen molar-refractivity contribution in [2.45, 2.75) is 32.1 Å². The first-order valence-electron chi connectivity index (χ1n) is 7.18. The summed E-state index contributed by atoms with van der Waals surface area (Å²) in [5, 5.41) is 9.77. The summed E-state index contributed by atoms with van der Waals surface area (Å²) < 4.78 is 13.1. The van der Waals surface area contributed by atoms with Crippen LogP contribution >= 0.6 is 0 Å². The number of phenolic OH excluding ortho intramolecular Hbond substituents is 1. The maximum absolute atomic E-state index is 13.1. The van der Waals surface area contributed by atoms with Crippen LogP contribution in [0.2, 0.25) is 0 Å². The molecule has 0 amide bonds. The van der Waals surface area contributed by atoms with Gasteiger partial charge in [-0.1, -0.05) is 31.9 Å². The van der Waals surface area contributed by atoms with Gasteiger partial charge in [0.2, 0.25) is 0 Å². The standard InChI is InChI=1S/C18H19FO2/c1-2-3-4-18(14-5-7-16(19)8-6-14)15-9-13(12-20)10-17(21)11-15/h5-12,18,21H,2-4H2,1H3. The van der Waals surface area contributed by atoms with Gasteiger partial charge in [-0.2, -0.15) is 0 Å². The number of phenols is 1. The summed E-state index contributed by atoms with van der Waals surface area (Å²) in [5.74, 6) is -0.132. The molecule has 3 heteroatoms. The number of rotatable bonds is 6. The normalized spacial score (nSPS) is 12.1. The number of halogens is 1. The second-order valence-electron chi connectivity index (χ2n) is 5.22. The zero-order chi connectivity index (χ0) is 15.2. The highest BCUT2D eigenvalue weighted by Gasteiger charge is 2.15. The highest BCUT2D eigenvalue weighted by atomic mass is 19.1. The van der Waals surface area contributed by atoms with E-state index in [2.05, 4.69) is 6.92 Å². The Bertz CT molecular complexity index is 605. The van der Waals surface area contributed by atoms with Gasteiger partial charge in [0, 0.05) is 11.5 Å². The molecule has 21 heavy (non-hydrogen) atoms. The van der Waals surface area contributed by atoms with Crippen LogP contribution in [0, 0.1) is 5.82 Å². The molecule has 0 fully saturated rings.